The normalized spacial score (nSPS) is 10.6. The second-order valence-corrected chi connectivity index (χ2v) is 6.81. The third-order valence-corrected chi connectivity index (χ3v) is 4.65. The molecule has 0 spiro atoms. The van der Waals surface area contributed by atoms with Crippen LogP contribution in [0.2, 0.25) is 0 Å². The number of anilines is 2. The van der Waals surface area contributed by atoms with Crippen LogP contribution in [-0.2, 0) is 9.59 Å². The molecule has 3 rings (SSSR count). The molecule has 0 aromatic heterocycles. The summed E-state index contributed by atoms with van der Waals surface area (Å²) in [5.41, 5.74) is 4.69. The molecule has 0 bridgehead atoms. The first-order valence-corrected chi connectivity index (χ1v) is 10.1. The standard InChI is InChI=1S/C25H25N3O4/c1-31-22-14-13-19(17-23(22)32-2)18-26-27-24(29)15-16-25(30)28(20-9-5-3-6-10-20)21-11-7-4-8-12-21/h3-14,17-18H,15-16H2,1-2H3,(H,27,29). The lowest BCUT2D eigenvalue weighted by Crippen LogP contribution is -2.27. The molecule has 0 unspecified atom stereocenters. The number of carbonyl (C=O) groups is 2. The van der Waals surface area contributed by atoms with Crippen molar-refractivity contribution in [3.05, 3.63) is 84.4 Å². The van der Waals surface area contributed by atoms with Crippen LogP contribution in [0.15, 0.2) is 84.0 Å². The maximum Gasteiger partial charge on any atom is 0.240 e. The van der Waals surface area contributed by atoms with E-state index in [0.29, 0.717) is 11.5 Å². The van der Waals surface area contributed by atoms with Gasteiger partial charge in [0.1, 0.15) is 0 Å². The lowest BCUT2D eigenvalue weighted by Gasteiger charge is -2.23. The summed E-state index contributed by atoms with van der Waals surface area (Å²) in [5.74, 6) is 0.640. The van der Waals surface area contributed by atoms with Crippen molar-refractivity contribution < 1.29 is 19.1 Å². The highest BCUT2D eigenvalue weighted by atomic mass is 16.5. The molecule has 0 heterocycles. The van der Waals surface area contributed by atoms with Gasteiger partial charge in [-0.1, -0.05) is 36.4 Å². The zero-order valence-corrected chi connectivity index (χ0v) is 18.0. The second kappa shape index (κ2) is 11.3. The number of hydrogen-bond donors (Lipinski definition) is 1. The van der Waals surface area contributed by atoms with Crippen molar-refractivity contribution in [3.63, 3.8) is 0 Å². The summed E-state index contributed by atoms with van der Waals surface area (Å²) >= 11 is 0. The minimum absolute atomic E-state index is 0.0122. The molecule has 1 N–H and O–H groups in total. The third kappa shape index (κ3) is 5.95. The van der Waals surface area contributed by atoms with Gasteiger partial charge in [-0.05, 0) is 48.0 Å². The summed E-state index contributed by atoms with van der Waals surface area (Å²) < 4.78 is 10.4. The summed E-state index contributed by atoms with van der Waals surface area (Å²) in [7, 11) is 3.11. The van der Waals surface area contributed by atoms with E-state index in [1.54, 1.807) is 37.3 Å². The lowest BCUT2D eigenvalue weighted by atomic mass is 10.2. The van der Waals surface area contributed by atoms with Gasteiger partial charge in [-0.3, -0.25) is 14.5 Å². The van der Waals surface area contributed by atoms with E-state index in [9.17, 15) is 9.59 Å². The van der Waals surface area contributed by atoms with Crippen LogP contribution in [0.3, 0.4) is 0 Å². The monoisotopic (exact) mass is 431 g/mol. The molecule has 2 amide bonds. The molecule has 0 saturated heterocycles. The highest BCUT2D eigenvalue weighted by molar-refractivity contribution is 6.01. The first-order valence-electron chi connectivity index (χ1n) is 10.1. The third-order valence-electron chi connectivity index (χ3n) is 4.65. The molecule has 0 fully saturated rings. The van der Waals surface area contributed by atoms with E-state index >= 15 is 0 Å². The summed E-state index contributed by atoms with van der Waals surface area (Å²) in [4.78, 5) is 26.8. The summed E-state index contributed by atoms with van der Waals surface area (Å²) in [5, 5.41) is 3.97. The largest absolute Gasteiger partial charge is 0.493 e. The van der Waals surface area contributed by atoms with Crippen LogP contribution >= 0.6 is 0 Å². The molecule has 7 heteroatoms. The van der Waals surface area contributed by atoms with Crippen LogP contribution in [-0.4, -0.2) is 32.2 Å². The van der Waals surface area contributed by atoms with Crippen LogP contribution in [0.5, 0.6) is 11.5 Å². The number of carbonyl (C=O) groups excluding carboxylic acids is 2. The number of benzene rings is 3. The average molecular weight is 431 g/mol. The van der Waals surface area contributed by atoms with E-state index in [0.717, 1.165) is 16.9 Å². The van der Waals surface area contributed by atoms with Crippen LogP contribution in [0.25, 0.3) is 0 Å². The van der Waals surface area contributed by atoms with E-state index in [4.69, 9.17) is 9.47 Å². The van der Waals surface area contributed by atoms with Crippen LogP contribution < -0.4 is 19.8 Å². The maximum absolute atomic E-state index is 13.0. The number of ether oxygens (including phenoxy) is 2. The van der Waals surface area contributed by atoms with Gasteiger partial charge in [0, 0.05) is 24.2 Å². The Bertz CT molecular complexity index is 1030. The first kappa shape index (κ1) is 22.6. The average Bonchev–Trinajstić information content (AvgIpc) is 2.84. The number of nitrogens with zero attached hydrogens (tertiary/aromatic N) is 2. The molecule has 0 saturated carbocycles. The van der Waals surface area contributed by atoms with Gasteiger partial charge in [-0.25, -0.2) is 5.43 Å². The zero-order chi connectivity index (χ0) is 22.8. The quantitative estimate of drug-likeness (QED) is 0.405. The Kier molecular flexibility index (Phi) is 7.97. The number of amides is 2. The van der Waals surface area contributed by atoms with Crippen molar-refractivity contribution in [2.45, 2.75) is 12.8 Å². The Morgan fingerprint density at radius 3 is 2.00 bits per heavy atom. The maximum atomic E-state index is 13.0. The molecular weight excluding hydrogens is 406 g/mol. The Balaban J connectivity index is 1.59. The molecule has 3 aromatic rings. The zero-order valence-electron chi connectivity index (χ0n) is 18.0. The minimum atomic E-state index is -0.351. The van der Waals surface area contributed by atoms with Gasteiger partial charge in [-0.2, -0.15) is 5.10 Å². The van der Waals surface area contributed by atoms with Crippen molar-refractivity contribution in [3.8, 4) is 11.5 Å². The van der Waals surface area contributed by atoms with Crippen molar-refractivity contribution in [1.82, 2.24) is 5.43 Å². The smallest absolute Gasteiger partial charge is 0.240 e. The Hall–Kier alpha value is -4.13. The van der Waals surface area contributed by atoms with E-state index in [2.05, 4.69) is 10.5 Å². The molecular formula is C25H25N3O4. The molecule has 7 nitrogen and oxygen atoms in total. The summed E-state index contributed by atoms with van der Waals surface area (Å²) in [6.07, 6.45) is 1.56. The number of hydrogen-bond acceptors (Lipinski definition) is 5. The van der Waals surface area contributed by atoms with Crippen LogP contribution in [0, 0.1) is 0 Å². The highest BCUT2D eigenvalue weighted by Gasteiger charge is 2.18. The fraction of sp³-hybridized carbons (Fsp3) is 0.160. The van der Waals surface area contributed by atoms with Crippen molar-refractivity contribution in [2.24, 2.45) is 5.10 Å². The number of para-hydroxylation sites is 2. The SMILES string of the molecule is COc1ccc(C=NNC(=O)CCC(=O)N(c2ccccc2)c2ccccc2)cc1OC. The van der Waals surface area contributed by atoms with Gasteiger partial charge in [0.15, 0.2) is 11.5 Å². The van der Waals surface area contributed by atoms with Gasteiger partial charge in [0.2, 0.25) is 11.8 Å². The number of hydrazone groups is 1. The second-order valence-electron chi connectivity index (χ2n) is 6.81. The van der Waals surface area contributed by atoms with Gasteiger partial charge >= 0.3 is 0 Å². The van der Waals surface area contributed by atoms with Crippen molar-refractivity contribution in [1.29, 1.82) is 0 Å². The molecule has 164 valence electrons. The molecule has 3 aromatic carbocycles. The number of rotatable bonds is 9. The Labute approximate surface area is 187 Å². The van der Waals surface area contributed by atoms with E-state index in [1.165, 1.54) is 6.21 Å². The van der Waals surface area contributed by atoms with E-state index < -0.39 is 0 Å². The van der Waals surface area contributed by atoms with Crippen LogP contribution in [0.4, 0.5) is 11.4 Å². The fourth-order valence-corrected chi connectivity index (χ4v) is 3.09. The molecule has 0 aliphatic carbocycles. The Morgan fingerprint density at radius 1 is 0.844 bits per heavy atom. The van der Waals surface area contributed by atoms with E-state index in [-0.39, 0.29) is 24.7 Å². The molecule has 0 aliphatic heterocycles. The van der Waals surface area contributed by atoms with Gasteiger partial charge < -0.3 is 9.47 Å². The van der Waals surface area contributed by atoms with Crippen LogP contribution in [0.1, 0.15) is 18.4 Å². The van der Waals surface area contributed by atoms with Crippen molar-refractivity contribution in [2.75, 3.05) is 19.1 Å². The fourth-order valence-electron chi connectivity index (χ4n) is 3.09. The number of methoxy groups -OCH3 is 2. The molecule has 32 heavy (non-hydrogen) atoms. The summed E-state index contributed by atoms with van der Waals surface area (Å²) in [6.45, 7) is 0. The van der Waals surface area contributed by atoms with E-state index in [1.807, 2.05) is 60.7 Å². The lowest BCUT2D eigenvalue weighted by molar-refractivity contribution is -0.124. The molecule has 0 atom stereocenters. The topological polar surface area (TPSA) is 80.2 Å². The highest BCUT2D eigenvalue weighted by Crippen LogP contribution is 2.27. The predicted octanol–water partition coefficient (Wildman–Crippen LogP) is 4.30. The molecule has 0 radical (unpaired) electrons. The number of nitrogens with one attached hydrogen (secondary N) is 1. The van der Waals surface area contributed by atoms with Crippen molar-refractivity contribution >= 4 is 29.4 Å². The summed E-state index contributed by atoms with van der Waals surface area (Å²) in [6, 6.07) is 24.0. The van der Waals surface area contributed by atoms with Gasteiger partial charge in [-0.15, -0.1) is 0 Å². The molecule has 0 aliphatic rings. The van der Waals surface area contributed by atoms with Gasteiger partial charge in [0.05, 0.1) is 20.4 Å². The predicted molar refractivity (Wildman–Crippen MR) is 125 cm³/mol. The first-order chi connectivity index (χ1) is 15.6. The Morgan fingerprint density at radius 2 is 1.44 bits per heavy atom. The van der Waals surface area contributed by atoms with Gasteiger partial charge in [0.25, 0.3) is 0 Å². The minimum Gasteiger partial charge on any atom is -0.493 e.